The summed E-state index contributed by atoms with van der Waals surface area (Å²) in [5, 5.41) is 17.8. The Labute approximate surface area is 167 Å². The van der Waals surface area contributed by atoms with Gasteiger partial charge in [0.1, 0.15) is 5.60 Å². The Balaban J connectivity index is 1.79. The zero-order valence-electron chi connectivity index (χ0n) is 16.8. The predicted octanol–water partition coefficient (Wildman–Crippen LogP) is 2.87. The number of fused-ring (bicyclic) bond motifs is 1. The first kappa shape index (κ1) is 20.3. The summed E-state index contributed by atoms with van der Waals surface area (Å²) < 4.78 is 7.08. The Kier molecular flexibility index (Phi) is 5.27. The largest absolute Gasteiger partial charge is 0.444 e. The van der Waals surface area contributed by atoms with Gasteiger partial charge in [-0.1, -0.05) is 0 Å². The Bertz CT molecular complexity index is 959. The number of carbonyl (C=O) groups is 2. The van der Waals surface area contributed by atoms with Gasteiger partial charge in [0, 0.05) is 49.1 Å². The third kappa shape index (κ3) is 4.53. The van der Waals surface area contributed by atoms with Gasteiger partial charge in [-0.3, -0.25) is 19.6 Å². The quantitative estimate of drug-likeness (QED) is 0.624. The molecular weight excluding hydrogens is 378 g/mol. The summed E-state index contributed by atoms with van der Waals surface area (Å²) in [4.78, 5) is 37.0. The van der Waals surface area contributed by atoms with Crippen molar-refractivity contribution in [3.63, 3.8) is 0 Å². The summed E-state index contributed by atoms with van der Waals surface area (Å²) >= 11 is 0. The van der Waals surface area contributed by atoms with E-state index in [1.165, 1.54) is 24.3 Å². The summed E-state index contributed by atoms with van der Waals surface area (Å²) in [5.41, 5.74) is 1.52. The van der Waals surface area contributed by atoms with Crippen molar-refractivity contribution < 1.29 is 19.2 Å². The van der Waals surface area contributed by atoms with Gasteiger partial charge in [-0.25, -0.2) is 4.79 Å². The third-order valence-corrected chi connectivity index (χ3v) is 4.45. The van der Waals surface area contributed by atoms with Gasteiger partial charge in [0.05, 0.1) is 11.5 Å². The van der Waals surface area contributed by atoms with Crippen LogP contribution in [0.4, 0.5) is 16.2 Å². The number of carbonyl (C=O) groups excluding carboxylic acids is 2. The monoisotopic (exact) mass is 401 g/mol. The highest BCUT2D eigenvalue weighted by Crippen LogP contribution is 2.25. The molecule has 10 nitrogen and oxygen atoms in total. The molecule has 0 fully saturated rings. The van der Waals surface area contributed by atoms with E-state index in [4.69, 9.17) is 4.74 Å². The molecule has 1 aromatic heterocycles. The molecule has 0 unspecified atom stereocenters. The second-order valence-electron chi connectivity index (χ2n) is 7.81. The number of aromatic nitrogens is 2. The lowest BCUT2D eigenvalue weighted by atomic mass is 10.0. The van der Waals surface area contributed by atoms with Crippen LogP contribution in [0.25, 0.3) is 0 Å². The van der Waals surface area contributed by atoms with E-state index in [0.717, 1.165) is 5.69 Å². The van der Waals surface area contributed by atoms with E-state index < -0.39 is 22.5 Å². The van der Waals surface area contributed by atoms with Gasteiger partial charge < -0.3 is 15.0 Å². The molecule has 1 aliphatic heterocycles. The van der Waals surface area contributed by atoms with Crippen molar-refractivity contribution in [2.75, 3.05) is 11.9 Å². The smallest absolute Gasteiger partial charge is 0.410 e. The molecule has 0 aliphatic carbocycles. The zero-order chi connectivity index (χ0) is 21.3. The number of aryl methyl sites for hydroxylation is 1. The topological polar surface area (TPSA) is 120 Å². The summed E-state index contributed by atoms with van der Waals surface area (Å²) in [6.07, 6.45) is 0.122. The van der Waals surface area contributed by atoms with E-state index in [-0.39, 0.29) is 17.9 Å². The lowest BCUT2D eigenvalue weighted by molar-refractivity contribution is -0.384. The van der Waals surface area contributed by atoms with Crippen LogP contribution in [0, 0.1) is 10.1 Å². The lowest BCUT2D eigenvalue weighted by Gasteiger charge is -2.30. The van der Waals surface area contributed by atoms with Gasteiger partial charge in [0.15, 0.2) is 5.69 Å². The number of nitrogens with zero attached hydrogens (tertiary/aromatic N) is 4. The van der Waals surface area contributed by atoms with Crippen LogP contribution in [0.15, 0.2) is 24.3 Å². The molecule has 2 amide bonds. The minimum absolute atomic E-state index is 0.0637. The number of non-ortho nitro benzene ring substituents is 1. The van der Waals surface area contributed by atoms with Gasteiger partial charge >= 0.3 is 6.09 Å². The number of nitrogens with one attached hydrogen (secondary N) is 1. The first-order valence-corrected chi connectivity index (χ1v) is 9.13. The number of amides is 2. The molecule has 0 spiro atoms. The van der Waals surface area contributed by atoms with Crippen LogP contribution in [-0.4, -0.2) is 43.7 Å². The molecule has 0 radical (unpaired) electrons. The fourth-order valence-electron chi connectivity index (χ4n) is 3.11. The Morgan fingerprint density at radius 1 is 1.24 bits per heavy atom. The maximum atomic E-state index is 12.8. The van der Waals surface area contributed by atoms with E-state index >= 15 is 0 Å². The number of nitro groups is 1. The molecule has 2 aromatic rings. The fraction of sp³-hybridized carbons (Fsp3) is 0.421. The van der Waals surface area contributed by atoms with Crippen molar-refractivity contribution in [3.8, 4) is 0 Å². The van der Waals surface area contributed by atoms with Gasteiger partial charge in [-0.2, -0.15) is 5.10 Å². The van der Waals surface area contributed by atoms with Crippen LogP contribution in [0.3, 0.4) is 0 Å². The number of benzene rings is 1. The summed E-state index contributed by atoms with van der Waals surface area (Å²) in [5.74, 6) is -0.443. The molecule has 154 valence electrons. The molecule has 2 heterocycles. The minimum Gasteiger partial charge on any atom is -0.444 e. The molecule has 0 bridgehead atoms. The number of hydrogen-bond acceptors (Lipinski definition) is 6. The van der Waals surface area contributed by atoms with E-state index in [2.05, 4.69) is 10.4 Å². The molecule has 29 heavy (non-hydrogen) atoms. The van der Waals surface area contributed by atoms with Crippen molar-refractivity contribution in [2.24, 2.45) is 7.05 Å². The van der Waals surface area contributed by atoms with Crippen molar-refractivity contribution in [1.29, 1.82) is 0 Å². The second-order valence-corrected chi connectivity index (χ2v) is 7.81. The van der Waals surface area contributed by atoms with Crippen LogP contribution in [-0.2, 0) is 24.8 Å². The Hall–Kier alpha value is -3.43. The van der Waals surface area contributed by atoms with Gasteiger partial charge in [0.2, 0.25) is 0 Å². The number of hydrogen-bond donors (Lipinski definition) is 1. The lowest BCUT2D eigenvalue weighted by Crippen LogP contribution is -2.40. The molecule has 10 heteroatoms. The highest BCUT2D eigenvalue weighted by Gasteiger charge is 2.31. The Morgan fingerprint density at radius 2 is 1.90 bits per heavy atom. The van der Waals surface area contributed by atoms with Crippen molar-refractivity contribution >= 4 is 23.4 Å². The van der Waals surface area contributed by atoms with Crippen molar-refractivity contribution in [1.82, 2.24) is 14.7 Å². The maximum absolute atomic E-state index is 12.8. The SMILES string of the molecule is Cn1nc(C(=O)Nc2ccc([N+](=O)[O-])cc2)c2c1CCN(C(=O)OC(C)(C)C)C2. The average molecular weight is 401 g/mol. The summed E-state index contributed by atoms with van der Waals surface area (Å²) in [6.45, 7) is 6.10. The highest BCUT2D eigenvalue weighted by atomic mass is 16.6. The molecule has 1 aliphatic rings. The van der Waals surface area contributed by atoms with Crippen molar-refractivity contribution in [3.05, 3.63) is 51.3 Å². The van der Waals surface area contributed by atoms with E-state index in [1.54, 1.807) is 37.4 Å². The molecule has 1 aromatic carbocycles. The van der Waals surface area contributed by atoms with E-state index in [0.29, 0.717) is 24.2 Å². The summed E-state index contributed by atoms with van der Waals surface area (Å²) in [6, 6.07) is 5.54. The van der Waals surface area contributed by atoms with Crippen LogP contribution in [0.5, 0.6) is 0 Å². The normalized spacial score (nSPS) is 13.6. The number of anilines is 1. The first-order chi connectivity index (χ1) is 13.5. The maximum Gasteiger partial charge on any atom is 0.410 e. The summed E-state index contributed by atoms with van der Waals surface area (Å²) in [7, 11) is 1.75. The Morgan fingerprint density at radius 3 is 2.48 bits per heavy atom. The van der Waals surface area contributed by atoms with Gasteiger partial charge in [0.25, 0.3) is 11.6 Å². The number of nitro benzene ring substituents is 1. The van der Waals surface area contributed by atoms with Gasteiger partial charge in [-0.15, -0.1) is 0 Å². The molecule has 1 N–H and O–H groups in total. The molecule has 0 saturated heterocycles. The molecular formula is C19H23N5O5. The third-order valence-electron chi connectivity index (χ3n) is 4.45. The predicted molar refractivity (Wildman–Crippen MR) is 105 cm³/mol. The first-order valence-electron chi connectivity index (χ1n) is 9.13. The van der Waals surface area contributed by atoms with Gasteiger partial charge in [-0.05, 0) is 32.9 Å². The average Bonchev–Trinajstić information content (AvgIpc) is 2.97. The van der Waals surface area contributed by atoms with Crippen LogP contribution >= 0.6 is 0 Å². The van der Waals surface area contributed by atoms with Crippen molar-refractivity contribution in [2.45, 2.75) is 39.3 Å². The molecule has 0 saturated carbocycles. The highest BCUT2D eigenvalue weighted by molar-refractivity contribution is 6.04. The second kappa shape index (κ2) is 7.53. The molecule has 0 atom stereocenters. The number of rotatable bonds is 3. The van der Waals surface area contributed by atoms with E-state index in [9.17, 15) is 19.7 Å². The van der Waals surface area contributed by atoms with Crippen LogP contribution in [0.1, 0.15) is 42.5 Å². The van der Waals surface area contributed by atoms with Crippen LogP contribution < -0.4 is 5.32 Å². The van der Waals surface area contributed by atoms with Crippen LogP contribution in [0.2, 0.25) is 0 Å². The molecule has 3 rings (SSSR count). The van der Waals surface area contributed by atoms with E-state index in [1.807, 2.05) is 0 Å². The zero-order valence-corrected chi connectivity index (χ0v) is 16.8. The standard InChI is InChI=1S/C19H23N5O5/c1-19(2,3)29-18(26)23-10-9-15-14(11-23)16(21-22(15)4)17(25)20-12-5-7-13(8-6-12)24(27)28/h5-8H,9-11H2,1-4H3,(H,20,25). The fourth-order valence-corrected chi connectivity index (χ4v) is 3.11. The number of ether oxygens (including phenoxy) is 1. The minimum atomic E-state index is -0.609.